The number of likely N-dealkylation sites (N-methyl/N-ethyl adjacent to an activating group) is 1. The molecule has 3 heteroatoms. The summed E-state index contributed by atoms with van der Waals surface area (Å²) in [7, 11) is 2.18. The minimum Gasteiger partial charge on any atom is -0.380 e. The van der Waals surface area contributed by atoms with Crippen LogP contribution in [0.2, 0.25) is 0 Å². The van der Waals surface area contributed by atoms with E-state index in [0.29, 0.717) is 5.41 Å². The summed E-state index contributed by atoms with van der Waals surface area (Å²) in [6.45, 7) is 9.33. The summed E-state index contributed by atoms with van der Waals surface area (Å²) in [5.74, 6) is 0.880. The van der Waals surface area contributed by atoms with Crippen LogP contribution in [0.4, 0.5) is 0 Å². The molecule has 0 aromatic carbocycles. The Morgan fingerprint density at radius 3 is 2.59 bits per heavy atom. The van der Waals surface area contributed by atoms with E-state index in [9.17, 15) is 0 Å². The highest BCUT2D eigenvalue weighted by molar-refractivity contribution is 4.72. The number of hydrogen-bond donors (Lipinski definition) is 1. The molecule has 0 atom stereocenters. The molecule has 1 aliphatic rings. The predicted octanol–water partition coefficient (Wildman–Crippen LogP) is 2.11. The van der Waals surface area contributed by atoms with Gasteiger partial charge >= 0.3 is 0 Å². The van der Waals surface area contributed by atoms with Crippen molar-refractivity contribution in [2.24, 2.45) is 17.1 Å². The molecular formula is C14H30N2O. The molecule has 0 unspecified atom stereocenters. The molecule has 17 heavy (non-hydrogen) atoms. The van der Waals surface area contributed by atoms with Gasteiger partial charge in [0.1, 0.15) is 0 Å². The SMILES string of the molecule is CN(CCCC(C)(C)CN)CCOCC1CC1. The van der Waals surface area contributed by atoms with Crippen LogP contribution in [0.25, 0.3) is 0 Å². The van der Waals surface area contributed by atoms with Gasteiger partial charge in [-0.1, -0.05) is 13.8 Å². The zero-order chi connectivity index (χ0) is 12.7. The van der Waals surface area contributed by atoms with Gasteiger partial charge in [-0.3, -0.25) is 0 Å². The molecule has 0 saturated heterocycles. The van der Waals surface area contributed by atoms with E-state index in [1.807, 2.05) is 0 Å². The van der Waals surface area contributed by atoms with Crippen molar-refractivity contribution in [2.75, 3.05) is 39.9 Å². The van der Waals surface area contributed by atoms with Gasteiger partial charge in [-0.2, -0.15) is 0 Å². The molecule has 1 fully saturated rings. The van der Waals surface area contributed by atoms with Gasteiger partial charge in [-0.05, 0) is 57.2 Å². The second-order valence-corrected chi connectivity index (χ2v) is 6.29. The maximum absolute atomic E-state index is 5.72. The lowest BCUT2D eigenvalue weighted by Crippen LogP contribution is -2.28. The van der Waals surface area contributed by atoms with Crippen molar-refractivity contribution in [2.45, 2.75) is 39.5 Å². The van der Waals surface area contributed by atoms with Crippen LogP contribution in [-0.2, 0) is 4.74 Å². The van der Waals surface area contributed by atoms with Crippen LogP contribution in [0.5, 0.6) is 0 Å². The van der Waals surface area contributed by atoms with E-state index in [-0.39, 0.29) is 0 Å². The molecule has 0 bridgehead atoms. The molecule has 0 amide bonds. The molecular weight excluding hydrogens is 212 g/mol. The first-order valence-corrected chi connectivity index (χ1v) is 7.00. The number of rotatable bonds is 10. The maximum Gasteiger partial charge on any atom is 0.0593 e. The lowest BCUT2D eigenvalue weighted by Gasteiger charge is -2.24. The number of nitrogens with two attached hydrogens (primary N) is 1. The Bertz CT molecular complexity index is 202. The highest BCUT2D eigenvalue weighted by Crippen LogP contribution is 2.28. The number of hydrogen-bond acceptors (Lipinski definition) is 3. The molecule has 1 aliphatic carbocycles. The van der Waals surface area contributed by atoms with Gasteiger partial charge in [0.2, 0.25) is 0 Å². The maximum atomic E-state index is 5.72. The molecule has 0 aliphatic heterocycles. The van der Waals surface area contributed by atoms with E-state index in [1.54, 1.807) is 0 Å². The average Bonchev–Trinajstić information content (AvgIpc) is 3.08. The minimum atomic E-state index is 0.295. The third-order valence-corrected chi connectivity index (χ3v) is 3.61. The van der Waals surface area contributed by atoms with Crippen LogP contribution in [-0.4, -0.2) is 44.8 Å². The highest BCUT2D eigenvalue weighted by Gasteiger charge is 2.21. The fourth-order valence-electron chi connectivity index (χ4n) is 1.80. The fourth-order valence-corrected chi connectivity index (χ4v) is 1.80. The van der Waals surface area contributed by atoms with Crippen molar-refractivity contribution in [1.29, 1.82) is 0 Å². The van der Waals surface area contributed by atoms with Gasteiger partial charge in [-0.15, -0.1) is 0 Å². The van der Waals surface area contributed by atoms with E-state index in [4.69, 9.17) is 10.5 Å². The van der Waals surface area contributed by atoms with Gasteiger partial charge in [0.05, 0.1) is 6.61 Å². The Morgan fingerprint density at radius 2 is 2.00 bits per heavy atom. The third kappa shape index (κ3) is 7.74. The standard InChI is InChI=1S/C14H30N2O/c1-14(2,12-15)7-4-8-16(3)9-10-17-11-13-5-6-13/h13H,4-12,15H2,1-3H3. The normalized spacial score (nSPS) is 16.8. The Morgan fingerprint density at radius 1 is 1.29 bits per heavy atom. The molecule has 1 rings (SSSR count). The third-order valence-electron chi connectivity index (χ3n) is 3.61. The topological polar surface area (TPSA) is 38.5 Å². The van der Waals surface area contributed by atoms with E-state index in [1.165, 1.54) is 25.7 Å². The summed E-state index contributed by atoms with van der Waals surface area (Å²) in [6, 6.07) is 0. The van der Waals surface area contributed by atoms with Crippen molar-refractivity contribution in [3.63, 3.8) is 0 Å². The van der Waals surface area contributed by atoms with Gasteiger partial charge in [0.15, 0.2) is 0 Å². The van der Waals surface area contributed by atoms with Crippen LogP contribution < -0.4 is 5.73 Å². The molecule has 0 aromatic heterocycles. The zero-order valence-electron chi connectivity index (χ0n) is 11.9. The zero-order valence-corrected chi connectivity index (χ0v) is 11.9. The second kappa shape index (κ2) is 7.34. The first-order valence-electron chi connectivity index (χ1n) is 7.00. The quantitative estimate of drug-likeness (QED) is 0.596. The fraction of sp³-hybridized carbons (Fsp3) is 1.00. The van der Waals surface area contributed by atoms with Crippen LogP contribution in [0.3, 0.4) is 0 Å². The Labute approximate surface area is 107 Å². The molecule has 1 saturated carbocycles. The van der Waals surface area contributed by atoms with Crippen LogP contribution in [0.15, 0.2) is 0 Å². The second-order valence-electron chi connectivity index (χ2n) is 6.29. The molecule has 0 radical (unpaired) electrons. The lowest BCUT2D eigenvalue weighted by molar-refractivity contribution is 0.102. The van der Waals surface area contributed by atoms with E-state index in [0.717, 1.165) is 38.8 Å². The predicted molar refractivity (Wildman–Crippen MR) is 73.1 cm³/mol. The van der Waals surface area contributed by atoms with E-state index < -0.39 is 0 Å². The molecule has 0 spiro atoms. The van der Waals surface area contributed by atoms with Crippen LogP contribution >= 0.6 is 0 Å². The number of ether oxygens (including phenoxy) is 1. The van der Waals surface area contributed by atoms with Crippen molar-refractivity contribution < 1.29 is 4.74 Å². The van der Waals surface area contributed by atoms with E-state index >= 15 is 0 Å². The smallest absolute Gasteiger partial charge is 0.0593 e. The van der Waals surface area contributed by atoms with Crippen molar-refractivity contribution in [1.82, 2.24) is 4.90 Å². The summed E-state index contributed by atoms with van der Waals surface area (Å²) in [5.41, 5.74) is 6.02. The Hall–Kier alpha value is -0.120. The Balaban J connectivity index is 1.90. The summed E-state index contributed by atoms with van der Waals surface area (Å²) in [6.07, 6.45) is 5.19. The van der Waals surface area contributed by atoms with Gasteiger partial charge in [-0.25, -0.2) is 0 Å². The summed E-state index contributed by atoms with van der Waals surface area (Å²) >= 11 is 0. The monoisotopic (exact) mass is 242 g/mol. The molecule has 102 valence electrons. The lowest BCUT2D eigenvalue weighted by atomic mass is 9.88. The van der Waals surface area contributed by atoms with Crippen molar-refractivity contribution in [3.05, 3.63) is 0 Å². The van der Waals surface area contributed by atoms with Crippen LogP contribution in [0.1, 0.15) is 39.5 Å². The van der Waals surface area contributed by atoms with Gasteiger partial charge < -0.3 is 15.4 Å². The van der Waals surface area contributed by atoms with Gasteiger partial charge in [0, 0.05) is 13.2 Å². The number of nitrogens with zero attached hydrogens (tertiary/aromatic N) is 1. The first-order chi connectivity index (χ1) is 8.03. The van der Waals surface area contributed by atoms with Crippen LogP contribution in [0, 0.1) is 11.3 Å². The molecule has 0 heterocycles. The van der Waals surface area contributed by atoms with Crippen molar-refractivity contribution >= 4 is 0 Å². The van der Waals surface area contributed by atoms with Gasteiger partial charge in [0.25, 0.3) is 0 Å². The molecule has 3 nitrogen and oxygen atoms in total. The largest absolute Gasteiger partial charge is 0.380 e. The Kier molecular flexibility index (Phi) is 6.45. The average molecular weight is 242 g/mol. The molecule has 2 N–H and O–H groups in total. The van der Waals surface area contributed by atoms with E-state index in [2.05, 4.69) is 25.8 Å². The summed E-state index contributed by atoms with van der Waals surface area (Å²) < 4.78 is 5.63. The van der Waals surface area contributed by atoms with Crippen molar-refractivity contribution in [3.8, 4) is 0 Å². The minimum absolute atomic E-state index is 0.295. The summed E-state index contributed by atoms with van der Waals surface area (Å²) in [5, 5.41) is 0. The first kappa shape index (κ1) is 14.9. The summed E-state index contributed by atoms with van der Waals surface area (Å²) in [4.78, 5) is 2.36. The molecule has 0 aromatic rings. The highest BCUT2D eigenvalue weighted by atomic mass is 16.5.